The zero-order valence-electron chi connectivity index (χ0n) is 5.66. The van der Waals surface area contributed by atoms with E-state index in [0.717, 1.165) is 15.8 Å². The predicted molar refractivity (Wildman–Crippen MR) is 46.4 cm³/mol. The van der Waals surface area contributed by atoms with Crippen molar-refractivity contribution in [2.45, 2.75) is 0 Å². The molecule has 1 heterocycles. The van der Waals surface area contributed by atoms with Crippen molar-refractivity contribution in [2.24, 2.45) is 0 Å². The maximum absolute atomic E-state index is 5.23. The van der Waals surface area contributed by atoms with E-state index in [2.05, 4.69) is 16.4 Å². The molecule has 0 aliphatic heterocycles. The highest BCUT2D eigenvalue weighted by Crippen LogP contribution is 2.17. The molecule has 0 spiro atoms. The molecule has 11 heavy (non-hydrogen) atoms. The summed E-state index contributed by atoms with van der Waals surface area (Å²) in [4.78, 5) is 4.03. The first-order valence-electron chi connectivity index (χ1n) is 3.13. The van der Waals surface area contributed by atoms with Crippen LogP contribution in [0, 0.1) is 17.9 Å². The molecule has 0 aliphatic carbocycles. The number of hydrogen-bond donors (Lipinski definition) is 0. The van der Waals surface area contributed by atoms with Gasteiger partial charge in [0, 0.05) is 5.56 Å². The summed E-state index contributed by atoms with van der Waals surface area (Å²) >= 11 is 1.50. The molecule has 0 unspecified atom stereocenters. The molecule has 1 aromatic carbocycles. The summed E-state index contributed by atoms with van der Waals surface area (Å²) in [6.45, 7) is 0. The van der Waals surface area contributed by atoms with Crippen molar-refractivity contribution in [1.82, 2.24) is 4.98 Å². The Balaban J connectivity index is 2.79. The van der Waals surface area contributed by atoms with Gasteiger partial charge < -0.3 is 0 Å². The molecule has 0 aliphatic rings. The van der Waals surface area contributed by atoms with Gasteiger partial charge in [0.2, 0.25) is 0 Å². The Morgan fingerprint density at radius 1 is 1.55 bits per heavy atom. The van der Waals surface area contributed by atoms with Gasteiger partial charge in [0.25, 0.3) is 0 Å². The molecule has 0 amide bonds. The lowest BCUT2D eigenvalue weighted by atomic mass is 10.2. The molecule has 0 atom stereocenters. The molecular weight excluding hydrogens is 154 g/mol. The van der Waals surface area contributed by atoms with Crippen LogP contribution in [0.4, 0.5) is 0 Å². The number of hydrogen-bond acceptors (Lipinski definition) is 2. The zero-order chi connectivity index (χ0) is 7.68. The quantitative estimate of drug-likeness (QED) is 0.535. The standard InChI is InChI=1S/C9H4NS/c1-2-7-3-4-9-8(5-7)10-6-11-9/h1,3-5H. The minimum absolute atomic E-state index is 0.872. The fraction of sp³-hybridized carbons (Fsp3) is 0. The third-order valence-corrected chi connectivity index (χ3v) is 2.20. The Bertz CT molecular complexity index is 422. The average Bonchev–Trinajstić information content (AvgIpc) is 2.50. The molecule has 0 fully saturated rings. The van der Waals surface area contributed by atoms with E-state index < -0.39 is 0 Å². The zero-order valence-corrected chi connectivity index (χ0v) is 6.48. The summed E-state index contributed by atoms with van der Waals surface area (Å²) < 4.78 is 1.13. The second-order valence-corrected chi connectivity index (χ2v) is 2.96. The second-order valence-electron chi connectivity index (χ2n) is 2.13. The van der Waals surface area contributed by atoms with Crippen molar-refractivity contribution in [2.75, 3.05) is 0 Å². The first kappa shape index (κ1) is 6.38. The highest BCUT2D eigenvalue weighted by Gasteiger charge is 1.95. The summed E-state index contributed by atoms with van der Waals surface area (Å²) in [6.07, 6.45) is 5.23. The maximum Gasteiger partial charge on any atom is 0.153 e. The van der Waals surface area contributed by atoms with Crippen molar-refractivity contribution in [3.05, 3.63) is 29.3 Å². The lowest BCUT2D eigenvalue weighted by molar-refractivity contribution is 1.48. The largest absolute Gasteiger partial charge is 0.233 e. The van der Waals surface area contributed by atoms with Gasteiger partial charge >= 0.3 is 0 Å². The highest BCUT2D eigenvalue weighted by molar-refractivity contribution is 7.16. The van der Waals surface area contributed by atoms with Crippen LogP contribution in [0.2, 0.25) is 0 Å². The van der Waals surface area contributed by atoms with Crippen LogP contribution in [0.5, 0.6) is 0 Å². The fourth-order valence-corrected chi connectivity index (χ4v) is 1.49. The molecule has 2 aromatic rings. The number of rotatable bonds is 0. The van der Waals surface area contributed by atoms with E-state index in [1.165, 1.54) is 11.3 Å². The van der Waals surface area contributed by atoms with Crippen LogP contribution in [-0.2, 0) is 0 Å². The minimum Gasteiger partial charge on any atom is -0.233 e. The Labute approximate surface area is 68.7 Å². The third kappa shape index (κ3) is 0.997. The van der Waals surface area contributed by atoms with Crippen molar-refractivity contribution in [3.63, 3.8) is 0 Å². The van der Waals surface area contributed by atoms with Crippen molar-refractivity contribution in [1.29, 1.82) is 0 Å². The topological polar surface area (TPSA) is 12.9 Å². The van der Waals surface area contributed by atoms with Gasteiger partial charge in [-0.05, 0) is 18.2 Å². The van der Waals surface area contributed by atoms with Gasteiger partial charge in [0.05, 0.1) is 10.2 Å². The van der Waals surface area contributed by atoms with Crippen molar-refractivity contribution >= 4 is 21.6 Å². The molecule has 2 heteroatoms. The summed E-state index contributed by atoms with van der Waals surface area (Å²) in [5, 5.41) is 0. The first-order valence-corrected chi connectivity index (χ1v) is 3.95. The maximum atomic E-state index is 5.23. The number of thiazole rings is 1. The van der Waals surface area contributed by atoms with Gasteiger partial charge in [-0.3, -0.25) is 0 Å². The molecule has 0 bridgehead atoms. The normalized spacial score (nSPS) is 9.73. The van der Waals surface area contributed by atoms with Crippen LogP contribution in [0.25, 0.3) is 10.2 Å². The smallest absolute Gasteiger partial charge is 0.153 e. The number of aromatic nitrogens is 1. The monoisotopic (exact) mass is 158 g/mol. The summed E-state index contributed by atoms with van der Waals surface area (Å²) in [5.41, 5.74) is 4.62. The number of benzene rings is 1. The Morgan fingerprint density at radius 2 is 2.45 bits per heavy atom. The molecule has 0 N–H and O–H groups in total. The SMILES string of the molecule is C#Cc1ccc2s[c]nc2c1. The van der Waals surface area contributed by atoms with E-state index in [-0.39, 0.29) is 0 Å². The Kier molecular flexibility index (Phi) is 1.38. The van der Waals surface area contributed by atoms with Crippen molar-refractivity contribution in [3.8, 4) is 12.3 Å². The van der Waals surface area contributed by atoms with Crippen LogP contribution < -0.4 is 0 Å². The van der Waals surface area contributed by atoms with E-state index in [0.29, 0.717) is 0 Å². The van der Waals surface area contributed by atoms with Gasteiger partial charge in [-0.1, -0.05) is 5.92 Å². The number of fused-ring (bicyclic) bond motifs is 1. The van der Waals surface area contributed by atoms with Gasteiger partial charge in [0.15, 0.2) is 5.51 Å². The third-order valence-electron chi connectivity index (χ3n) is 1.45. The van der Waals surface area contributed by atoms with Gasteiger partial charge in [0.1, 0.15) is 0 Å². The molecule has 1 radical (unpaired) electrons. The summed E-state index contributed by atoms with van der Waals surface area (Å²) in [6, 6.07) is 5.77. The van der Waals surface area contributed by atoms with Gasteiger partial charge in [-0.25, -0.2) is 4.98 Å². The summed E-state index contributed by atoms with van der Waals surface area (Å²) in [5.74, 6) is 2.56. The van der Waals surface area contributed by atoms with Crippen LogP contribution in [0.1, 0.15) is 5.56 Å². The van der Waals surface area contributed by atoms with E-state index in [9.17, 15) is 0 Å². The van der Waals surface area contributed by atoms with Crippen LogP contribution >= 0.6 is 11.3 Å². The molecule has 2 rings (SSSR count). The minimum atomic E-state index is 0.872. The summed E-state index contributed by atoms with van der Waals surface area (Å²) in [7, 11) is 0. The predicted octanol–water partition coefficient (Wildman–Crippen LogP) is 2.08. The van der Waals surface area contributed by atoms with Crippen LogP contribution in [0.3, 0.4) is 0 Å². The van der Waals surface area contributed by atoms with E-state index in [4.69, 9.17) is 6.42 Å². The molecular formula is C9H4NS. The van der Waals surface area contributed by atoms with Gasteiger partial charge in [-0.15, -0.1) is 17.8 Å². The van der Waals surface area contributed by atoms with Gasteiger partial charge in [-0.2, -0.15) is 0 Å². The Morgan fingerprint density at radius 3 is 3.27 bits per heavy atom. The van der Waals surface area contributed by atoms with E-state index in [1.54, 1.807) is 0 Å². The second kappa shape index (κ2) is 2.37. The molecule has 0 saturated carbocycles. The van der Waals surface area contributed by atoms with Crippen LogP contribution in [0.15, 0.2) is 18.2 Å². The Hall–Kier alpha value is -1.33. The van der Waals surface area contributed by atoms with E-state index in [1.807, 2.05) is 18.2 Å². The number of terminal acetylenes is 1. The van der Waals surface area contributed by atoms with E-state index >= 15 is 0 Å². The highest BCUT2D eigenvalue weighted by atomic mass is 32.1. The van der Waals surface area contributed by atoms with Crippen molar-refractivity contribution < 1.29 is 0 Å². The average molecular weight is 158 g/mol. The number of nitrogens with zero attached hydrogens (tertiary/aromatic N) is 1. The molecule has 51 valence electrons. The lowest BCUT2D eigenvalue weighted by Gasteiger charge is -1.88. The molecule has 1 nitrogen and oxygen atoms in total. The van der Waals surface area contributed by atoms with Crippen LogP contribution in [-0.4, -0.2) is 4.98 Å². The fourth-order valence-electron chi connectivity index (χ4n) is 0.902. The molecule has 0 saturated heterocycles. The first-order chi connectivity index (χ1) is 5.40. The lowest BCUT2D eigenvalue weighted by Crippen LogP contribution is -1.72. The molecule has 1 aromatic heterocycles.